The fourth-order valence-corrected chi connectivity index (χ4v) is 10.8. The number of piperazine rings is 1. The maximum absolute atomic E-state index is 14.6. The molecule has 1 N–H and O–H groups in total. The molecule has 16 heteroatoms. The van der Waals surface area contributed by atoms with Crippen LogP contribution < -0.4 is 24.4 Å². The molecular weight excluding hydrogens is 857 g/mol. The highest BCUT2D eigenvalue weighted by Crippen LogP contribution is 2.42. The molecule has 358 valence electrons. The Kier molecular flexibility index (Phi) is 14.3. The number of amides is 5. The van der Waals surface area contributed by atoms with Gasteiger partial charge in [0.15, 0.2) is 13.6 Å². The number of hydrogen-bond donors (Lipinski definition) is 1. The zero-order valence-electron chi connectivity index (χ0n) is 39.1. The lowest BCUT2D eigenvalue weighted by molar-refractivity contribution is -0.138. The summed E-state index contributed by atoms with van der Waals surface area (Å²) < 4.78 is 29.0. The summed E-state index contributed by atoms with van der Waals surface area (Å²) in [5.74, 6) is 0.941. The molecular formula is C51H64N6O10. The van der Waals surface area contributed by atoms with E-state index in [1.54, 1.807) is 25.2 Å². The number of carbonyl (C=O) groups excluding carboxylic acids is 5. The predicted octanol–water partition coefficient (Wildman–Crippen LogP) is 5.40. The lowest BCUT2D eigenvalue weighted by Crippen LogP contribution is -2.52. The molecule has 16 nitrogen and oxygen atoms in total. The standard InChI is InChI=1S/C51H64N6O10/c1-33-43(66-31-63-2)25-44(67-32-64-3)46(47(33)65-30-34-7-5-4-6-8-34)51(62)56-27-37-10-9-35(23-38(37)28-56)26-53-17-15-36(16-18-53)49(60)55-21-19-54(20-22-55)40-11-12-41-39(24-40)29-57(50(41)61)42-13-14-45(58)52-48(42)59/h9-12,23-25,34,36,42H,4-8,13-22,26-32H2,1-3H3,(H,52,58,59). The van der Waals surface area contributed by atoms with Gasteiger partial charge in [0.2, 0.25) is 17.7 Å². The van der Waals surface area contributed by atoms with Gasteiger partial charge >= 0.3 is 0 Å². The number of benzene rings is 3. The SMILES string of the molecule is COCOc1cc(OCOC)c(C(=O)N2Cc3ccc(CN4CCC(C(=O)N5CCN(c6ccc7c(c6)CN(C6CCC(=O)NC6=O)C7=O)CC5)CC4)cc3C2)c(OCC2CCCCC2)c1C. The van der Waals surface area contributed by atoms with Crippen LogP contribution in [0, 0.1) is 18.8 Å². The lowest BCUT2D eigenvalue weighted by atomic mass is 9.90. The predicted molar refractivity (Wildman–Crippen MR) is 248 cm³/mol. The number of anilines is 1. The summed E-state index contributed by atoms with van der Waals surface area (Å²) >= 11 is 0. The van der Waals surface area contributed by atoms with Crippen LogP contribution in [0.25, 0.3) is 0 Å². The highest BCUT2D eigenvalue weighted by molar-refractivity contribution is 6.05. The number of imide groups is 1. The van der Waals surface area contributed by atoms with Crippen molar-refractivity contribution in [3.8, 4) is 17.2 Å². The minimum Gasteiger partial charge on any atom is -0.492 e. The van der Waals surface area contributed by atoms with Gasteiger partial charge in [0.05, 0.1) is 6.61 Å². The minimum absolute atomic E-state index is 0.00907. The van der Waals surface area contributed by atoms with Gasteiger partial charge in [-0.1, -0.05) is 37.5 Å². The number of likely N-dealkylation sites (tertiary alicyclic amines) is 1. The first-order valence-corrected chi connectivity index (χ1v) is 24.1. The average Bonchev–Trinajstić information content (AvgIpc) is 3.92. The van der Waals surface area contributed by atoms with Crippen LogP contribution in [-0.4, -0.2) is 129 Å². The normalized spacial score (nSPS) is 20.5. The molecule has 3 aromatic rings. The van der Waals surface area contributed by atoms with Crippen LogP contribution in [0.1, 0.15) is 106 Å². The Labute approximate surface area is 392 Å². The van der Waals surface area contributed by atoms with Crippen molar-refractivity contribution >= 4 is 35.2 Å². The van der Waals surface area contributed by atoms with Gasteiger partial charge in [0.1, 0.15) is 28.9 Å². The molecule has 67 heavy (non-hydrogen) atoms. The first-order chi connectivity index (χ1) is 32.6. The zero-order chi connectivity index (χ0) is 46.6. The minimum atomic E-state index is -0.641. The Morgan fingerprint density at radius 3 is 2.18 bits per heavy atom. The molecule has 5 aliphatic heterocycles. The Balaban J connectivity index is 0.777. The van der Waals surface area contributed by atoms with E-state index in [9.17, 15) is 24.0 Å². The van der Waals surface area contributed by atoms with Gasteiger partial charge in [-0.25, -0.2) is 0 Å². The molecule has 5 amide bonds. The van der Waals surface area contributed by atoms with E-state index in [1.807, 2.05) is 34.9 Å². The quantitative estimate of drug-likeness (QED) is 0.153. The van der Waals surface area contributed by atoms with Crippen LogP contribution in [0.4, 0.5) is 5.69 Å². The van der Waals surface area contributed by atoms with Gasteiger partial charge in [0, 0.05) is 102 Å². The van der Waals surface area contributed by atoms with Gasteiger partial charge in [0.25, 0.3) is 11.8 Å². The van der Waals surface area contributed by atoms with E-state index < -0.39 is 11.9 Å². The number of hydrogen-bond acceptors (Lipinski definition) is 12. The maximum atomic E-state index is 14.6. The first-order valence-electron chi connectivity index (χ1n) is 24.1. The molecule has 6 aliphatic rings. The van der Waals surface area contributed by atoms with Gasteiger partial charge in [-0.05, 0) is 98.5 Å². The maximum Gasteiger partial charge on any atom is 0.262 e. The van der Waals surface area contributed by atoms with Gasteiger partial charge < -0.3 is 43.3 Å². The van der Waals surface area contributed by atoms with Crippen molar-refractivity contribution in [2.75, 3.05) is 78.6 Å². The average molecular weight is 921 g/mol. The molecule has 0 bridgehead atoms. The number of ether oxygens (including phenoxy) is 5. The van der Waals surface area contributed by atoms with Crippen LogP contribution in [0.15, 0.2) is 42.5 Å². The van der Waals surface area contributed by atoms with Crippen LogP contribution >= 0.6 is 0 Å². The number of piperidine rings is 2. The van der Waals surface area contributed by atoms with E-state index in [-0.39, 0.29) is 49.6 Å². The number of nitrogens with one attached hydrogen (secondary N) is 1. The molecule has 5 heterocycles. The molecule has 1 unspecified atom stereocenters. The Bertz CT molecular complexity index is 2350. The highest BCUT2D eigenvalue weighted by atomic mass is 16.7. The summed E-state index contributed by atoms with van der Waals surface area (Å²) in [5, 5.41) is 2.36. The summed E-state index contributed by atoms with van der Waals surface area (Å²) in [7, 11) is 3.11. The summed E-state index contributed by atoms with van der Waals surface area (Å²) in [5.41, 5.74) is 7.00. The second kappa shape index (κ2) is 20.7. The molecule has 9 rings (SSSR count). The highest BCUT2D eigenvalue weighted by Gasteiger charge is 2.40. The Morgan fingerprint density at radius 1 is 0.716 bits per heavy atom. The van der Waals surface area contributed by atoms with E-state index in [0.29, 0.717) is 93.1 Å². The molecule has 0 spiro atoms. The Hall–Kier alpha value is -5.71. The molecule has 3 saturated heterocycles. The molecule has 3 aromatic carbocycles. The molecule has 0 radical (unpaired) electrons. The van der Waals surface area contributed by atoms with Crippen LogP contribution in [-0.2, 0) is 50.0 Å². The largest absolute Gasteiger partial charge is 0.492 e. The third-order valence-electron chi connectivity index (χ3n) is 14.6. The van der Waals surface area contributed by atoms with Crippen molar-refractivity contribution in [2.24, 2.45) is 11.8 Å². The molecule has 1 saturated carbocycles. The molecule has 1 aliphatic carbocycles. The van der Waals surface area contributed by atoms with Gasteiger partial charge in [-0.2, -0.15) is 0 Å². The van der Waals surface area contributed by atoms with Crippen LogP contribution in [0.3, 0.4) is 0 Å². The van der Waals surface area contributed by atoms with Crippen molar-refractivity contribution in [3.63, 3.8) is 0 Å². The smallest absolute Gasteiger partial charge is 0.262 e. The topological polar surface area (TPSA) is 160 Å². The van der Waals surface area contributed by atoms with Crippen molar-refractivity contribution in [3.05, 3.63) is 81.4 Å². The number of methoxy groups -OCH3 is 2. The van der Waals surface area contributed by atoms with Crippen LogP contribution in [0.2, 0.25) is 0 Å². The summed E-state index contributed by atoms with van der Waals surface area (Å²) in [6.07, 6.45) is 8.01. The van der Waals surface area contributed by atoms with Crippen molar-refractivity contribution in [1.29, 1.82) is 0 Å². The summed E-state index contributed by atoms with van der Waals surface area (Å²) in [6.45, 7) is 8.81. The number of fused-ring (bicyclic) bond motifs is 2. The van der Waals surface area contributed by atoms with E-state index >= 15 is 0 Å². The van der Waals surface area contributed by atoms with Gasteiger partial charge in [-0.3, -0.25) is 34.2 Å². The monoisotopic (exact) mass is 920 g/mol. The third kappa shape index (κ3) is 10.1. The molecule has 0 aromatic heterocycles. The molecule has 4 fully saturated rings. The fraction of sp³-hybridized carbons (Fsp3) is 0.549. The first kappa shape index (κ1) is 46.4. The van der Waals surface area contributed by atoms with Crippen molar-refractivity contribution in [2.45, 2.75) is 96.9 Å². The van der Waals surface area contributed by atoms with E-state index in [2.05, 4.69) is 33.3 Å². The number of carbonyl (C=O) groups is 5. The van der Waals surface area contributed by atoms with E-state index in [1.165, 1.54) is 24.8 Å². The summed E-state index contributed by atoms with van der Waals surface area (Å²) in [4.78, 5) is 76.0. The number of nitrogens with zero attached hydrogens (tertiary/aromatic N) is 5. The zero-order valence-corrected chi connectivity index (χ0v) is 39.1. The van der Waals surface area contributed by atoms with E-state index in [4.69, 9.17) is 23.7 Å². The second-order valence-corrected chi connectivity index (χ2v) is 19.0. The second-order valence-electron chi connectivity index (χ2n) is 19.0. The fourth-order valence-electron chi connectivity index (χ4n) is 10.8. The number of rotatable bonds is 15. The Morgan fingerprint density at radius 2 is 1.45 bits per heavy atom. The van der Waals surface area contributed by atoms with E-state index in [0.717, 1.165) is 73.3 Å². The summed E-state index contributed by atoms with van der Waals surface area (Å²) in [6, 6.07) is 13.4. The lowest BCUT2D eigenvalue weighted by Gasteiger charge is -2.39. The third-order valence-corrected chi connectivity index (χ3v) is 14.6. The molecule has 1 atom stereocenters. The van der Waals surface area contributed by atoms with Crippen LogP contribution in [0.5, 0.6) is 17.2 Å². The van der Waals surface area contributed by atoms with Gasteiger partial charge in [-0.15, -0.1) is 0 Å². The van der Waals surface area contributed by atoms with Crippen molar-refractivity contribution < 1.29 is 47.7 Å². The van der Waals surface area contributed by atoms with Crippen molar-refractivity contribution in [1.82, 2.24) is 24.9 Å².